The average Bonchev–Trinajstić information content (AvgIpc) is 2.06. The molecule has 0 saturated carbocycles. The van der Waals surface area contributed by atoms with Gasteiger partial charge in [0.15, 0.2) is 5.03 Å². The van der Waals surface area contributed by atoms with Gasteiger partial charge in [0.1, 0.15) is 5.15 Å². The molecule has 0 radical (unpaired) electrons. The highest BCUT2D eigenvalue weighted by atomic mass is 127. The fourth-order valence-electron chi connectivity index (χ4n) is 0.777. The van der Waals surface area contributed by atoms with Crippen LogP contribution in [0.3, 0.4) is 0 Å². The van der Waals surface area contributed by atoms with Crippen LogP contribution in [0.1, 0.15) is 12.0 Å². The van der Waals surface area contributed by atoms with E-state index in [1.54, 1.807) is 22.6 Å². The summed E-state index contributed by atoms with van der Waals surface area (Å²) in [4.78, 5) is 3.39. The largest absolute Gasteiger partial charge is 0.278 e. The highest BCUT2D eigenvalue weighted by Crippen LogP contribution is 2.31. The van der Waals surface area contributed by atoms with E-state index in [1.807, 2.05) is 0 Å². The van der Waals surface area contributed by atoms with E-state index in [-0.39, 0.29) is 8.72 Å². The van der Waals surface area contributed by atoms with Crippen molar-refractivity contribution < 1.29 is 17.2 Å². The summed E-state index contributed by atoms with van der Waals surface area (Å²) in [6.45, 7) is 0. The Morgan fingerprint density at radius 3 is 2.40 bits per heavy atom. The second kappa shape index (κ2) is 4.64. The Kier molecular flexibility index (Phi) is 4.13. The Bertz CT molecular complexity index is 494. The standard InChI is InChI=1S/C6H2Cl2F2INO2S/c7-5-4(11)2(6(9)10)1-3(12-5)15(8,13)14/h1,6H. The van der Waals surface area contributed by atoms with Gasteiger partial charge in [-0.25, -0.2) is 22.2 Å². The van der Waals surface area contributed by atoms with Crippen molar-refractivity contribution in [2.45, 2.75) is 11.5 Å². The van der Waals surface area contributed by atoms with Crippen molar-refractivity contribution in [2.75, 3.05) is 0 Å². The third-order valence-electron chi connectivity index (χ3n) is 1.41. The molecular weight excluding hydrogens is 386 g/mol. The van der Waals surface area contributed by atoms with Crippen LogP contribution in [-0.2, 0) is 9.05 Å². The predicted octanol–water partition coefficient (Wildman–Crippen LogP) is 3.20. The van der Waals surface area contributed by atoms with Gasteiger partial charge in [0.2, 0.25) is 0 Å². The van der Waals surface area contributed by atoms with Crippen LogP contribution in [0.2, 0.25) is 5.15 Å². The summed E-state index contributed by atoms with van der Waals surface area (Å²) in [6, 6.07) is 0.709. The smallest absolute Gasteiger partial charge is 0.222 e. The van der Waals surface area contributed by atoms with Gasteiger partial charge in [-0.05, 0) is 28.7 Å². The number of pyridine rings is 1. The van der Waals surface area contributed by atoms with Crippen LogP contribution in [0.4, 0.5) is 8.78 Å². The van der Waals surface area contributed by atoms with Crippen molar-refractivity contribution >= 4 is 53.9 Å². The van der Waals surface area contributed by atoms with Crippen LogP contribution in [0.15, 0.2) is 11.1 Å². The zero-order valence-electron chi connectivity index (χ0n) is 6.72. The molecule has 1 aromatic heterocycles. The van der Waals surface area contributed by atoms with E-state index in [9.17, 15) is 17.2 Å². The Labute approximate surface area is 107 Å². The third kappa shape index (κ3) is 3.11. The second-order valence-corrected chi connectivity index (χ2v) is 6.34. The van der Waals surface area contributed by atoms with Gasteiger partial charge in [0, 0.05) is 16.2 Å². The van der Waals surface area contributed by atoms with Gasteiger partial charge in [-0.2, -0.15) is 0 Å². The summed E-state index contributed by atoms with van der Waals surface area (Å²) in [7, 11) is 0.805. The van der Waals surface area contributed by atoms with Crippen LogP contribution in [0, 0.1) is 3.57 Å². The van der Waals surface area contributed by atoms with Crippen molar-refractivity contribution in [2.24, 2.45) is 0 Å². The molecule has 0 saturated heterocycles. The zero-order chi connectivity index (χ0) is 11.8. The van der Waals surface area contributed by atoms with Gasteiger partial charge in [-0.3, -0.25) is 0 Å². The lowest BCUT2D eigenvalue weighted by Crippen LogP contribution is -2.01. The van der Waals surface area contributed by atoms with Crippen molar-refractivity contribution in [1.82, 2.24) is 4.98 Å². The molecule has 3 nitrogen and oxygen atoms in total. The number of rotatable bonds is 2. The number of halogens is 5. The Morgan fingerprint density at radius 1 is 1.47 bits per heavy atom. The van der Waals surface area contributed by atoms with Crippen LogP contribution in [-0.4, -0.2) is 13.4 Å². The van der Waals surface area contributed by atoms with Gasteiger partial charge in [-0.1, -0.05) is 11.6 Å². The lowest BCUT2D eigenvalue weighted by molar-refractivity contribution is 0.150. The average molecular weight is 388 g/mol. The summed E-state index contributed by atoms with van der Waals surface area (Å²) >= 11 is 7.05. The maximum atomic E-state index is 12.4. The van der Waals surface area contributed by atoms with E-state index < -0.39 is 26.1 Å². The zero-order valence-corrected chi connectivity index (χ0v) is 11.2. The Balaban J connectivity index is 3.50. The minimum atomic E-state index is -4.16. The molecule has 0 aliphatic heterocycles. The Hall–Kier alpha value is 0.270. The topological polar surface area (TPSA) is 47.0 Å². The number of hydrogen-bond acceptors (Lipinski definition) is 3. The molecule has 1 rings (SSSR count). The van der Waals surface area contributed by atoms with Crippen LogP contribution in [0.25, 0.3) is 0 Å². The summed E-state index contributed by atoms with van der Waals surface area (Å²) < 4.78 is 46.6. The fourth-order valence-corrected chi connectivity index (χ4v) is 2.24. The molecule has 0 atom stereocenters. The minimum Gasteiger partial charge on any atom is -0.222 e. The number of nitrogens with zero attached hydrogens (tertiary/aromatic N) is 1. The maximum Gasteiger partial charge on any atom is 0.278 e. The van der Waals surface area contributed by atoms with E-state index in [4.69, 9.17) is 22.3 Å². The van der Waals surface area contributed by atoms with Crippen molar-refractivity contribution in [1.29, 1.82) is 0 Å². The number of hydrogen-bond donors (Lipinski definition) is 0. The molecule has 84 valence electrons. The molecule has 0 N–H and O–H groups in total. The molecule has 9 heteroatoms. The first-order valence-electron chi connectivity index (χ1n) is 3.32. The molecule has 1 heterocycles. The SMILES string of the molecule is O=S(=O)(Cl)c1cc(C(F)F)c(I)c(Cl)n1. The summed E-state index contributed by atoms with van der Waals surface area (Å²) in [5.41, 5.74) is -0.505. The summed E-state index contributed by atoms with van der Waals surface area (Å²) in [5, 5.41) is -0.988. The molecule has 0 fully saturated rings. The lowest BCUT2D eigenvalue weighted by Gasteiger charge is -2.06. The van der Waals surface area contributed by atoms with Crippen molar-refractivity contribution in [3.05, 3.63) is 20.4 Å². The highest BCUT2D eigenvalue weighted by molar-refractivity contribution is 14.1. The van der Waals surface area contributed by atoms with Gasteiger partial charge in [0.05, 0.1) is 3.57 Å². The quantitative estimate of drug-likeness (QED) is 0.444. The van der Waals surface area contributed by atoms with E-state index >= 15 is 0 Å². The van der Waals surface area contributed by atoms with Gasteiger partial charge in [0.25, 0.3) is 15.5 Å². The van der Waals surface area contributed by atoms with Crippen LogP contribution in [0.5, 0.6) is 0 Å². The number of alkyl halides is 2. The second-order valence-electron chi connectivity index (χ2n) is 2.39. The molecule has 0 unspecified atom stereocenters. The maximum absolute atomic E-state index is 12.4. The monoisotopic (exact) mass is 387 g/mol. The highest BCUT2D eigenvalue weighted by Gasteiger charge is 2.21. The molecule has 0 amide bonds. The molecular formula is C6H2Cl2F2INO2S. The summed E-state index contributed by atoms with van der Waals surface area (Å²) in [5.74, 6) is 0. The van der Waals surface area contributed by atoms with E-state index in [0.717, 1.165) is 0 Å². The van der Waals surface area contributed by atoms with Crippen LogP contribution < -0.4 is 0 Å². The first-order chi connectivity index (χ1) is 6.73. The first kappa shape index (κ1) is 13.3. The van der Waals surface area contributed by atoms with Crippen molar-refractivity contribution in [3.8, 4) is 0 Å². The molecule has 1 aromatic rings. The molecule has 0 aliphatic rings. The normalized spacial score (nSPS) is 12.1. The van der Waals surface area contributed by atoms with Gasteiger partial charge < -0.3 is 0 Å². The first-order valence-corrected chi connectivity index (χ1v) is 7.09. The van der Waals surface area contributed by atoms with Crippen LogP contribution >= 0.6 is 44.9 Å². The van der Waals surface area contributed by atoms with E-state index in [0.29, 0.717) is 6.07 Å². The molecule has 0 aliphatic carbocycles. The van der Waals surface area contributed by atoms with Crippen molar-refractivity contribution in [3.63, 3.8) is 0 Å². The summed E-state index contributed by atoms with van der Waals surface area (Å²) in [6.07, 6.45) is -2.84. The number of aromatic nitrogens is 1. The lowest BCUT2D eigenvalue weighted by atomic mass is 10.3. The third-order valence-corrected chi connectivity index (χ3v) is 4.32. The molecule has 15 heavy (non-hydrogen) atoms. The van der Waals surface area contributed by atoms with E-state index in [2.05, 4.69) is 4.98 Å². The minimum absolute atomic E-state index is 0.00772. The fraction of sp³-hybridized carbons (Fsp3) is 0.167. The predicted molar refractivity (Wildman–Crippen MR) is 60.0 cm³/mol. The molecule has 0 aromatic carbocycles. The Morgan fingerprint density at radius 2 is 2.00 bits per heavy atom. The van der Waals surface area contributed by atoms with Gasteiger partial charge in [-0.15, -0.1) is 0 Å². The van der Waals surface area contributed by atoms with Gasteiger partial charge >= 0.3 is 0 Å². The molecule has 0 bridgehead atoms. The molecule has 0 spiro atoms. The van der Waals surface area contributed by atoms with E-state index in [1.165, 1.54) is 0 Å².